The van der Waals surface area contributed by atoms with Gasteiger partial charge in [-0.3, -0.25) is 4.79 Å². The first-order valence-corrected chi connectivity index (χ1v) is 10.0. The van der Waals surface area contributed by atoms with Crippen LogP contribution in [0.25, 0.3) is 0 Å². The Morgan fingerprint density at radius 2 is 1.90 bits per heavy atom. The number of rotatable bonds is 6. The van der Waals surface area contributed by atoms with Crippen molar-refractivity contribution >= 4 is 28.8 Å². The minimum Gasteiger partial charge on any atom is -0.508 e. The molecular weight excluding hydrogens is 386 g/mol. The van der Waals surface area contributed by atoms with Crippen molar-refractivity contribution in [2.45, 2.75) is 20.3 Å². The largest absolute Gasteiger partial charge is 0.508 e. The Bertz CT molecular complexity index is 1040. The van der Waals surface area contributed by atoms with Crippen molar-refractivity contribution in [1.82, 2.24) is 5.32 Å². The number of benzene rings is 2. The summed E-state index contributed by atoms with van der Waals surface area (Å²) in [6.45, 7) is 3.66. The molecule has 150 valence electrons. The van der Waals surface area contributed by atoms with E-state index in [9.17, 15) is 15.0 Å². The van der Waals surface area contributed by atoms with Crippen molar-refractivity contribution in [2.75, 3.05) is 6.54 Å². The fourth-order valence-electron chi connectivity index (χ4n) is 2.93. The summed E-state index contributed by atoms with van der Waals surface area (Å²) < 4.78 is 0. The number of hydrogen-bond donors (Lipinski definition) is 4. The number of nitrogens with zero attached hydrogens (tertiary/aromatic N) is 1. The predicted molar refractivity (Wildman–Crippen MR) is 116 cm³/mol. The standard InChI is InChI=1S/C22H23N3O3S/c1-13-12-17(26)14(2)20(27)19(13)22(28)24-10-9-15-5-7-16(8-6-15)25-21(23)18-4-3-11-29-18/h3-8,11-12,26-27H,9-10H2,1-2H3,(H2,23,25)(H,24,28). The molecule has 3 aromatic rings. The Kier molecular flexibility index (Phi) is 6.19. The number of carbonyl (C=O) groups is 1. The zero-order valence-corrected chi connectivity index (χ0v) is 17.1. The van der Waals surface area contributed by atoms with E-state index in [2.05, 4.69) is 10.3 Å². The predicted octanol–water partition coefficient (Wildman–Crippen LogP) is 3.79. The van der Waals surface area contributed by atoms with Gasteiger partial charge in [-0.2, -0.15) is 0 Å². The molecule has 7 heteroatoms. The number of nitrogens with two attached hydrogens (primary N) is 1. The second-order valence-corrected chi connectivity index (χ2v) is 7.66. The highest BCUT2D eigenvalue weighted by atomic mass is 32.1. The van der Waals surface area contributed by atoms with Crippen LogP contribution in [0.15, 0.2) is 52.8 Å². The van der Waals surface area contributed by atoms with Crippen LogP contribution >= 0.6 is 11.3 Å². The smallest absolute Gasteiger partial charge is 0.255 e. The summed E-state index contributed by atoms with van der Waals surface area (Å²) in [6, 6.07) is 13.0. The van der Waals surface area contributed by atoms with Gasteiger partial charge in [0.25, 0.3) is 5.91 Å². The molecule has 0 aliphatic carbocycles. The maximum absolute atomic E-state index is 12.4. The number of aliphatic imine (C=N–C) groups is 1. The maximum Gasteiger partial charge on any atom is 0.255 e. The van der Waals surface area contributed by atoms with Crippen LogP contribution in [0.1, 0.15) is 31.9 Å². The van der Waals surface area contributed by atoms with Gasteiger partial charge in [0.1, 0.15) is 17.3 Å². The zero-order valence-electron chi connectivity index (χ0n) is 16.3. The number of thiophene rings is 1. The van der Waals surface area contributed by atoms with Gasteiger partial charge in [-0.1, -0.05) is 18.2 Å². The van der Waals surface area contributed by atoms with Gasteiger partial charge < -0.3 is 21.3 Å². The Morgan fingerprint density at radius 3 is 2.55 bits per heavy atom. The van der Waals surface area contributed by atoms with Crippen LogP contribution in [0.3, 0.4) is 0 Å². The molecule has 3 rings (SSSR count). The van der Waals surface area contributed by atoms with Crippen molar-refractivity contribution < 1.29 is 15.0 Å². The molecule has 2 aromatic carbocycles. The van der Waals surface area contributed by atoms with Crippen molar-refractivity contribution in [3.63, 3.8) is 0 Å². The molecule has 29 heavy (non-hydrogen) atoms. The van der Waals surface area contributed by atoms with Crippen molar-refractivity contribution in [3.05, 3.63) is 75.0 Å². The first-order valence-electron chi connectivity index (χ1n) is 9.14. The van der Waals surface area contributed by atoms with Gasteiger partial charge >= 0.3 is 0 Å². The molecule has 0 spiro atoms. The number of amidine groups is 1. The summed E-state index contributed by atoms with van der Waals surface area (Å²) in [4.78, 5) is 17.8. The van der Waals surface area contributed by atoms with E-state index in [1.54, 1.807) is 25.2 Å². The molecule has 5 N–H and O–H groups in total. The van der Waals surface area contributed by atoms with Gasteiger partial charge in [-0.05, 0) is 61.0 Å². The van der Waals surface area contributed by atoms with Crippen LogP contribution in [-0.2, 0) is 6.42 Å². The highest BCUT2D eigenvalue weighted by Gasteiger charge is 2.18. The first-order chi connectivity index (χ1) is 13.9. The van der Waals surface area contributed by atoms with E-state index >= 15 is 0 Å². The minimum absolute atomic E-state index is 0.0287. The number of nitrogens with one attached hydrogen (secondary N) is 1. The van der Waals surface area contributed by atoms with Crippen LogP contribution in [0.4, 0.5) is 5.69 Å². The topological polar surface area (TPSA) is 108 Å². The number of hydrogen-bond acceptors (Lipinski definition) is 5. The minimum atomic E-state index is -0.368. The molecule has 1 heterocycles. The lowest BCUT2D eigenvalue weighted by Crippen LogP contribution is -2.26. The quantitative estimate of drug-likeness (QED) is 0.367. The molecule has 1 aromatic heterocycles. The van der Waals surface area contributed by atoms with E-state index in [4.69, 9.17) is 5.73 Å². The Morgan fingerprint density at radius 1 is 1.17 bits per heavy atom. The first kappa shape index (κ1) is 20.4. The summed E-state index contributed by atoms with van der Waals surface area (Å²) in [7, 11) is 0. The average molecular weight is 410 g/mol. The van der Waals surface area contributed by atoms with Crippen LogP contribution in [0, 0.1) is 13.8 Å². The normalized spacial score (nSPS) is 11.4. The summed E-state index contributed by atoms with van der Waals surface area (Å²) in [5, 5.41) is 24.7. The molecule has 0 aliphatic rings. The average Bonchev–Trinajstić information content (AvgIpc) is 3.22. The molecule has 0 aliphatic heterocycles. The van der Waals surface area contributed by atoms with Crippen LogP contribution in [-0.4, -0.2) is 28.5 Å². The van der Waals surface area contributed by atoms with Crippen molar-refractivity contribution in [1.29, 1.82) is 0 Å². The number of aryl methyl sites for hydroxylation is 1. The maximum atomic E-state index is 12.4. The molecular formula is C22H23N3O3S. The fourth-order valence-corrected chi connectivity index (χ4v) is 3.56. The van der Waals surface area contributed by atoms with Gasteiger partial charge in [0, 0.05) is 12.1 Å². The number of phenols is 2. The third-order valence-electron chi connectivity index (χ3n) is 4.61. The van der Waals surface area contributed by atoms with E-state index in [-0.39, 0.29) is 23.0 Å². The molecule has 0 fully saturated rings. The lowest BCUT2D eigenvalue weighted by molar-refractivity contribution is 0.0950. The van der Waals surface area contributed by atoms with E-state index in [1.807, 2.05) is 41.8 Å². The second-order valence-electron chi connectivity index (χ2n) is 6.71. The van der Waals surface area contributed by atoms with E-state index < -0.39 is 0 Å². The summed E-state index contributed by atoms with van der Waals surface area (Å²) in [5.74, 6) is -0.100. The van der Waals surface area contributed by atoms with Crippen molar-refractivity contribution in [2.24, 2.45) is 10.7 Å². The van der Waals surface area contributed by atoms with Gasteiger partial charge in [0.05, 0.1) is 16.1 Å². The Labute approximate surface area is 173 Å². The summed E-state index contributed by atoms with van der Waals surface area (Å²) >= 11 is 1.54. The number of aromatic hydroxyl groups is 2. The third kappa shape index (κ3) is 4.75. The highest BCUT2D eigenvalue weighted by Crippen LogP contribution is 2.32. The van der Waals surface area contributed by atoms with Crippen LogP contribution in [0.2, 0.25) is 0 Å². The molecule has 0 saturated heterocycles. The van der Waals surface area contributed by atoms with Crippen LogP contribution in [0.5, 0.6) is 11.5 Å². The SMILES string of the molecule is Cc1cc(O)c(C)c(O)c1C(=O)NCCc1ccc(N=C(N)c2cccs2)cc1. The number of amides is 1. The lowest BCUT2D eigenvalue weighted by atomic mass is 10.0. The van der Waals surface area contributed by atoms with E-state index in [1.165, 1.54) is 6.07 Å². The Balaban J connectivity index is 1.59. The molecule has 0 bridgehead atoms. The van der Waals surface area contributed by atoms with Crippen LogP contribution < -0.4 is 11.1 Å². The van der Waals surface area contributed by atoms with Gasteiger partial charge in [-0.15, -0.1) is 11.3 Å². The van der Waals surface area contributed by atoms with Gasteiger partial charge in [-0.25, -0.2) is 4.99 Å². The lowest BCUT2D eigenvalue weighted by Gasteiger charge is -2.12. The summed E-state index contributed by atoms with van der Waals surface area (Å²) in [5.41, 5.74) is 8.81. The molecule has 0 saturated carbocycles. The molecule has 0 unspecified atom stereocenters. The van der Waals surface area contributed by atoms with Gasteiger partial charge in [0.2, 0.25) is 0 Å². The van der Waals surface area contributed by atoms with Gasteiger partial charge in [0.15, 0.2) is 0 Å². The highest BCUT2D eigenvalue weighted by molar-refractivity contribution is 7.12. The zero-order chi connectivity index (χ0) is 21.0. The van der Waals surface area contributed by atoms with E-state index in [0.717, 1.165) is 16.1 Å². The molecule has 6 nitrogen and oxygen atoms in total. The Hall–Kier alpha value is -3.32. The third-order valence-corrected chi connectivity index (χ3v) is 5.50. The number of phenolic OH excluding ortho intramolecular Hbond substituents is 2. The monoisotopic (exact) mass is 409 g/mol. The molecule has 1 amide bonds. The second kappa shape index (κ2) is 8.79. The fraction of sp³-hybridized carbons (Fsp3) is 0.182. The summed E-state index contributed by atoms with van der Waals surface area (Å²) in [6.07, 6.45) is 0.632. The van der Waals surface area contributed by atoms with Crippen molar-refractivity contribution in [3.8, 4) is 11.5 Å². The van der Waals surface area contributed by atoms with E-state index in [0.29, 0.717) is 29.9 Å². The molecule has 0 radical (unpaired) electrons. The number of carbonyl (C=O) groups excluding carboxylic acids is 1. The molecule has 0 atom stereocenters.